The molecule has 1 aromatic carbocycles. The summed E-state index contributed by atoms with van der Waals surface area (Å²) < 4.78 is 13.6. The molecule has 13 heavy (non-hydrogen) atoms. The van der Waals surface area contributed by atoms with E-state index < -0.39 is 0 Å². The first kappa shape index (κ1) is 10.6. The van der Waals surface area contributed by atoms with Gasteiger partial charge >= 0.3 is 0 Å². The van der Waals surface area contributed by atoms with E-state index in [4.69, 9.17) is 4.84 Å². The molecule has 1 N–H and O–H groups in total. The molecule has 0 heterocycles. The van der Waals surface area contributed by atoms with Crippen LogP contribution in [0.5, 0.6) is 0 Å². The first-order chi connectivity index (χ1) is 6.16. The zero-order valence-electron chi connectivity index (χ0n) is 7.53. The monoisotopic (exact) mass is 247 g/mol. The van der Waals surface area contributed by atoms with Crippen molar-refractivity contribution in [1.82, 2.24) is 5.48 Å². The predicted octanol–water partition coefficient (Wildman–Crippen LogP) is 2.55. The summed E-state index contributed by atoms with van der Waals surface area (Å²) in [6.07, 6.45) is 0. The number of benzene rings is 1. The van der Waals surface area contributed by atoms with Crippen molar-refractivity contribution >= 4 is 15.9 Å². The Kier molecular flexibility index (Phi) is 3.84. The highest BCUT2D eigenvalue weighted by atomic mass is 79.9. The van der Waals surface area contributed by atoms with Crippen LogP contribution in [0.15, 0.2) is 16.6 Å². The minimum atomic E-state index is -0.251. The van der Waals surface area contributed by atoms with Crippen molar-refractivity contribution < 1.29 is 9.23 Å². The fourth-order valence-electron chi connectivity index (χ4n) is 1.05. The molecule has 2 nitrogen and oxygen atoms in total. The van der Waals surface area contributed by atoms with Crippen LogP contribution in [0.1, 0.15) is 11.1 Å². The fourth-order valence-corrected chi connectivity index (χ4v) is 1.64. The second-order valence-corrected chi connectivity index (χ2v) is 3.48. The van der Waals surface area contributed by atoms with Gasteiger partial charge < -0.3 is 4.84 Å². The molecule has 0 amide bonds. The van der Waals surface area contributed by atoms with E-state index in [1.807, 2.05) is 6.92 Å². The summed E-state index contributed by atoms with van der Waals surface area (Å²) in [6, 6.07) is 3.18. The number of halogens is 2. The van der Waals surface area contributed by atoms with Gasteiger partial charge in [-0.05, 0) is 40.0 Å². The Morgan fingerprint density at radius 1 is 1.54 bits per heavy atom. The van der Waals surface area contributed by atoms with E-state index in [1.165, 1.54) is 13.2 Å². The SMILES string of the molecule is CONCc1c(C)ccc(F)c1Br. The lowest BCUT2D eigenvalue weighted by Gasteiger charge is -2.09. The lowest BCUT2D eigenvalue weighted by Crippen LogP contribution is -2.12. The van der Waals surface area contributed by atoms with E-state index in [9.17, 15) is 4.39 Å². The average Bonchev–Trinajstić information content (AvgIpc) is 2.12. The highest BCUT2D eigenvalue weighted by Crippen LogP contribution is 2.23. The molecule has 0 radical (unpaired) electrons. The first-order valence-electron chi connectivity index (χ1n) is 3.86. The topological polar surface area (TPSA) is 21.3 Å². The smallest absolute Gasteiger partial charge is 0.137 e. The highest BCUT2D eigenvalue weighted by Gasteiger charge is 2.07. The molecule has 72 valence electrons. The average molecular weight is 248 g/mol. The standard InChI is InChI=1S/C9H11BrFNO/c1-6-3-4-8(11)9(10)7(6)5-12-13-2/h3-4,12H,5H2,1-2H3. The third-order valence-corrected chi connectivity index (χ3v) is 2.68. The molecule has 0 aliphatic rings. The Morgan fingerprint density at radius 3 is 2.85 bits per heavy atom. The third kappa shape index (κ3) is 2.49. The molecule has 0 bridgehead atoms. The summed E-state index contributed by atoms with van der Waals surface area (Å²) in [6.45, 7) is 2.41. The summed E-state index contributed by atoms with van der Waals surface area (Å²) in [5.74, 6) is -0.251. The van der Waals surface area contributed by atoms with Crippen molar-refractivity contribution in [3.05, 3.63) is 33.5 Å². The van der Waals surface area contributed by atoms with Crippen molar-refractivity contribution in [2.24, 2.45) is 0 Å². The van der Waals surface area contributed by atoms with Gasteiger partial charge in [0.1, 0.15) is 5.82 Å². The van der Waals surface area contributed by atoms with Gasteiger partial charge in [0.15, 0.2) is 0 Å². The molecule has 1 aromatic rings. The Hall–Kier alpha value is -0.450. The van der Waals surface area contributed by atoms with Gasteiger partial charge in [-0.2, -0.15) is 5.48 Å². The minimum absolute atomic E-state index is 0.251. The molecule has 0 spiro atoms. The number of aryl methyl sites for hydroxylation is 1. The molecule has 0 unspecified atom stereocenters. The summed E-state index contributed by atoms with van der Waals surface area (Å²) in [7, 11) is 1.53. The molecule has 0 aromatic heterocycles. The van der Waals surface area contributed by atoms with Gasteiger partial charge in [-0.1, -0.05) is 6.07 Å². The Labute approximate surface area is 85.2 Å². The Balaban J connectivity index is 2.96. The Bertz CT molecular complexity index is 304. The molecular weight excluding hydrogens is 237 g/mol. The summed E-state index contributed by atoms with van der Waals surface area (Å²) in [5, 5.41) is 0. The van der Waals surface area contributed by atoms with Gasteiger partial charge in [0.25, 0.3) is 0 Å². The number of rotatable bonds is 3. The minimum Gasteiger partial charge on any atom is -0.305 e. The molecule has 0 saturated carbocycles. The molecular formula is C9H11BrFNO. The van der Waals surface area contributed by atoms with Gasteiger partial charge in [-0.3, -0.25) is 0 Å². The molecule has 4 heteroatoms. The molecule has 1 rings (SSSR count). The Morgan fingerprint density at radius 2 is 2.23 bits per heavy atom. The highest BCUT2D eigenvalue weighted by molar-refractivity contribution is 9.10. The van der Waals surface area contributed by atoms with Crippen molar-refractivity contribution in [2.45, 2.75) is 13.5 Å². The van der Waals surface area contributed by atoms with Crippen molar-refractivity contribution in [3.63, 3.8) is 0 Å². The van der Waals surface area contributed by atoms with Gasteiger partial charge in [-0.15, -0.1) is 0 Å². The van der Waals surface area contributed by atoms with Crippen LogP contribution >= 0.6 is 15.9 Å². The van der Waals surface area contributed by atoms with Crippen LogP contribution in [-0.4, -0.2) is 7.11 Å². The zero-order chi connectivity index (χ0) is 9.84. The molecule has 0 saturated heterocycles. The van der Waals surface area contributed by atoms with Gasteiger partial charge in [-0.25, -0.2) is 4.39 Å². The summed E-state index contributed by atoms with van der Waals surface area (Å²) >= 11 is 3.19. The predicted molar refractivity (Wildman–Crippen MR) is 52.7 cm³/mol. The van der Waals surface area contributed by atoms with Crippen LogP contribution in [0.4, 0.5) is 4.39 Å². The van der Waals surface area contributed by atoms with Crippen molar-refractivity contribution in [3.8, 4) is 0 Å². The molecule has 0 aliphatic heterocycles. The number of hydroxylamine groups is 1. The van der Waals surface area contributed by atoms with Crippen LogP contribution in [0.3, 0.4) is 0 Å². The van der Waals surface area contributed by atoms with Gasteiger partial charge in [0.05, 0.1) is 11.6 Å². The van der Waals surface area contributed by atoms with E-state index in [0.29, 0.717) is 11.0 Å². The van der Waals surface area contributed by atoms with E-state index in [-0.39, 0.29) is 5.82 Å². The van der Waals surface area contributed by atoms with E-state index in [2.05, 4.69) is 21.4 Å². The van der Waals surface area contributed by atoms with Crippen LogP contribution in [0, 0.1) is 12.7 Å². The summed E-state index contributed by atoms with van der Waals surface area (Å²) in [4.78, 5) is 4.70. The van der Waals surface area contributed by atoms with Crippen LogP contribution < -0.4 is 5.48 Å². The van der Waals surface area contributed by atoms with Crippen molar-refractivity contribution in [1.29, 1.82) is 0 Å². The second-order valence-electron chi connectivity index (χ2n) is 2.68. The number of hydrogen-bond acceptors (Lipinski definition) is 2. The maximum atomic E-state index is 13.1. The van der Waals surface area contributed by atoms with Gasteiger partial charge in [0.2, 0.25) is 0 Å². The van der Waals surface area contributed by atoms with Crippen LogP contribution in [0.25, 0.3) is 0 Å². The quantitative estimate of drug-likeness (QED) is 0.830. The van der Waals surface area contributed by atoms with E-state index in [0.717, 1.165) is 11.1 Å². The second kappa shape index (κ2) is 4.69. The lowest BCUT2D eigenvalue weighted by atomic mass is 10.1. The molecule has 0 atom stereocenters. The molecule has 0 aliphatic carbocycles. The maximum absolute atomic E-state index is 13.1. The molecule has 0 fully saturated rings. The largest absolute Gasteiger partial charge is 0.305 e. The number of nitrogens with one attached hydrogen (secondary N) is 1. The van der Waals surface area contributed by atoms with Crippen molar-refractivity contribution in [2.75, 3.05) is 7.11 Å². The number of hydrogen-bond donors (Lipinski definition) is 1. The summed E-state index contributed by atoms with van der Waals surface area (Å²) in [5.41, 5.74) is 4.58. The normalized spacial score (nSPS) is 10.5. The zero-order valence-corrected chi connectivity index (χ0v) is 9.11. The van der Waals surface area contributed by atoms with Crippen LogP contribution in [0.2, 0.25) is 0 Å². The van der Waals surface area contributed by atoms with Crippen LogP contribution in [-0.2, 0) is 11.4 Å². The lowest BCUT2D eigenvalue weighted by molar-refractivity contribution is 0.0863. The first-order valence-corrected chi connectivity index (χ1v) is 4.65. The fraction of sp³-hybridized carbons (Fsp3) is 0.333. The maximum Gasteiger partial charge on any atom is 0.137 e. The van der Waals surface area contributed by atoms with Gasteiger partial charge in [0, 0.05) is 6.54 Å². The van der Waals surface area contributed by atoms with E-state index >= 15 is 0 Å². The third-order valence-electron chi connectivity index (χ3n) is 1.82. The van der Waals surface area contributed by atoms with E-state index in [1.54, 1.807) is 6.07 Å².